The van der Waals surface area contributed by atoms with E-state index in [-0.39, 0.29) is 23.6 Å². The van der Waals surface area contributed by atoms with Gasteiger partial charge in [0.1, 0.15) is 11.9 Å². The third-order valence-electron chi connectivity index (χ3n) is 4.84. The molecule has 1 atom stereocenters. The second-order valence-corrected chi connectivity index (χ2v) is 7.85. The van der Waals surface area contributed by atoms with E-state index in [2.05, 4.69) is 10.3 Å². The van der Waals surface area contributed by atoms with Crippen molar-refractivity contribution in [3.63, 3.8) is 0 Å². The molecule has 2 aromatic rings. The van der Waals surface area contributed by atoms with Crippen LogP contribution in [0.3, 0.4) is 0 Å². The summed E-state index contributed by atoms with van der Waals surface area (Å²) in [6.07, 6.45) is 1.57. The fourth-order valence-corrected chi connectivity index (χ4v) is 4.31. The lowest BCUT2D eigenvalue weighted by atomic mass is 10.1. The zero-order valence-corrected chi connectivity index (χ0v) is 17.0. The second-order valence-electron chi connectivity index (χ2n) is 6.91. The fraction of sp³-hybridized carbons (Fsp3) is 0.273. The van der Waals surface area contributed by atoms with Crippen LogP contribution < -0.4 is 5.32 Å². The van der Waals surface area contributed by atoms with Gasteiger partial charge in [-0.3, -0.25) is 14.5 Å². The maximum atomic E-state index is 12.5. The Bertz CT molecular complexity index is 987. The van der Waals surface area contributed by atoms with Gasteiger partial charge in [-0.1, -0.05) is 67.6 Å². The Morgan fingerprint density at radius 1 is 1.10 bits per heavy atom. The maximum absolute atomic E-state index is 12.5. The Morgan fingerprint density at radius 3 is 2.66 bits per heavy atom. The van der Waals surface area contributed by atoms with Crippen molar-refractivity contribution in [2.24, 2.45) is 9.98 Å². The standard InChI is InChI=1S/C22H22N4O2S/c1-2-8-18-21(28)25-20-16-11-6-7-12-17(16)24-22(26(18)20)29-14-19(27)23-13-15-9-4-3-5-10-15/h3-7,9-12,18H,2,8,13-14H2,1H3,(H,23,27). The predicted octanol–water partition coefficient (Wildman–Crippen LogP) is 3.49. The molecule has 0 saturated heterocycles. The van der Waals surface area contributed by atoms with Gasteiger partial charge in [0, 0.05) is 12.1 Å². The largest absolute Gasteiger partial charge is 0.351 e. The summed E-state index contributed by atoms with van der Waals surface area (Å²) >= 11 is 1.34. The van der Waals surface area contributed by atoms with Crippen LogP contribution in [0.5, 0.6) is 0 Å². The molecule has 0 fully saturated rings. The molecule has 2 amide bonds. The summed E-state index contributed by atoms with van der Waals surface area (Å²) in [7, 11) is 0. The van der Waals surface area contributed by atoms with E-state index in [1.54, 1.807) is 0 Å². The van der Waals surface area contributed by atoms with E-state index < -0.39 is 0 Å². The van der Waals surface area contributed by atoms with Crippen LogP contribution in [0.4, 0.5) is 5.69 Å². The highest BCUT2D eigenvalue weighted by atomic mass is 32.2. The van der Waals surface area contributed by atoms with Crippen molar-refractivity contribution in [3.8, 4) is 0 Å². The number of fused-ring (bicyclic) bond motifs is 3. The number of hydrogen-bond donors (Lipinski definition) is 1. The van der Waals surface area contributed by atoms with Gasteiger partial charge in [0.2, 0.25) is 5.91 Å². The Hall–Kier alpha value is -2.93. The quantitative estimate of drug-likeness (QED) is 0.797. The molecule has 0 saturated carbocycles. The first-order chi connectivity index (χ1) is 14.2. The van der Waals surface area contributed by atoms with Crippen LogP contribution >= 0.6 is 11.8 Å². The number of aliphatic imine (C=N–C) groups is 2. The number of hydrogen-bond acceptors (Lipinski definition) is 5. The second kappa shape index (κ2) is 8.61. The van der Waals surface area contributed by atoms with Gasteiger partial charge in [-0.2, -0.15) is 4.99 Å². The van der Waals surface area contributed by atoms with Gasteiger partial charge >= 0.3 is 0 Å². The molecule has 148 valence electrons. The minimum atomic E-state index is -0.345. The van der Waals surface area contributed by atoms with Crippen molar-refractivity contribution >= 4 is 40.3 Å². The SMILES string of the molecule is CCCC1C(=O)N=C2c3ccccc3N=C(SCC(=O)NCc3ccccc3)N21. The van der Waals surface area contributed by atoms with E-state index in [1.165, 1.54) is 11.8 Å². The lowest BCUT2D eigenvalue weighted by molar-refractivity contribution is -0.120. The first kappa shape index (κ1) is 19.4. The predicted molar refractivity (Wildman–Crippen MR) is 116 cm³/mol. The summed E-state index contributed by atoms with van der Waals surface area (Å²) in [5.41, 5.74) is 2.69. The maximum Gasteiger partial charge on any atom is 0.270 e. The number of thioether (sulfide) groups is 1. The molecule has 7 heteroatoms. The Morgan fingerprint density at radius 2 is 1.86 bits per heavy atom. The number of amidine groups is 2. The van der Waals surface area contributed by atoms with Gasteiger partial charge in [0.05, 0.1) is 11.4 Å². The molecule has 6 nitrogen and oxygen atoms in total. The molecule has 29 heavy (non-hydrogen) atoms. The molecule has 2 aliphatic heterocycles. The van der Waals surface area contributed by atoms with Crippen LogP contribution in [0.1, 0.15) is 30.9 Å². The highest BCUT2D eigenvalue weighted by molar-refractivity contribution is 8.14. The topological polar surface area (TPSA) is 74.1 Å². The first-order valence-electron chi connectivity index (χ1n) is 9.70. The van der Waals surface area contributed by atoms with E-state index in [9.17, 15) is 9.59 Å². The van der Waals surface area contributed by atoms with Crippen molar-refractivity contribution in [2.75, 3.05) is 5.75 Å². The molecule has 2 aliphatic rings. The molecule has 1 N–H and O–H groups in total. The number of nitrogens with zero attached hydrogens (tertiary/aromatic N) is 3. The first-order valence-corrected chi connectivity index (χ1v) is 10.7. The number of nitrogens with one attached hydrogen (secondary N) is 1. The van der Waals surface area contributed by atoms with Crippen LogP contribution in [0.2, 0.25) is 0 Å². The lowest BCUT2D eigenvalue weighted by Gasteiger charge is -2.30. The molecule has 0 aliphatic carbocycles. The number of carbonyl (C=O) groups excluding carboxylic acids is 2. The summed E-state index contributed by atoms with van der Waals surface area (Å²) < 4.78 is 0. The summed E-state index contributed by atoms with van der Waals surface area (Å²) in [5.74, 6) is 0.660. The van der Waals surface area contributed by atoms with E-state index in [0.717, 1.165) is 23.2 Å². The average Bonchev–Trinajstić information content (AvgIpc) is 3.08. The van der Waals surface area contributed by atoms with Crippen molar-refractivity contribution in [2.45, 2.75) is 32.4 Å². The molecule has 0 radical (unpaired) electrons. The molecule has 0 aromatic heterocycles. The van der Waals surface area contributed by atoms with Crippen molar-refractivity contribution in [3.05, 3.63) is 65.7 Å². The number of rotatable bonds is 6. The molecule has 4 rings (SSSR count). The Kier molecular flexibility index (Phi) is 5.76. The van der Waals surface area contributed by atoms with E-state index >= 15 is 0 Å². The minimum Gasteiger partial charge on any atom is -0.351 e. The molecular formula is C22H22N4O2S. The Labute approximate surface area is 174 Å². The van der Waals surface area contributed by atoms with Gasteiger partial charge < -0.3 is 5.32 Å². The van der Waals surface area contributed by atoms with E-state index in [1.807, 2.05) is 66.4 Å². The van der Waals surface area contributed by atoms with Gasteiger partial charge in [0.25, 0.3) is 5.91 Å². The fourth-order valence-electron chi connectivity index (χ4n) is 3.43. The third-order valence-corrected chi connectivity index (χ3v) is 5.79. The van der Waals surface area contributed by atoms with Gasteiger partial charge in [-0.05, 0) is 24.1 Å². The minimum absolute atomic E-state index is 0.0727. The smallest absolute Gasteiger partial charge is 0.270 e. The normalized spacial score (nSPS) is 17.3. The average molecular weight is 407 g/mol. The zero-order valence-electron chi connectivity index (χ0n) is 16.2. The number of carbonyl (C=O) groups is 2. The summed E-state index contributed by atoms with van der Waals surface area (Å²) in [5, 5.41) is 3.59. The van der Waals surface area contributed by atoms with Gasteiger partial charge in [-0.15, -0.1) is 0 Å². The molecule has 0 spiro atoms. The highest BCUT2D eigenvalue weighted by Crippen LogP contribution is 2.35. The van der Waals surface area contributed by atoms with Crippen LogP contribution in [0.15, 0.2) is 64.6 Å². The van der Waals surface area contributed by atoms with Crippen LogP contribution in [-0.2, 0) is 16.1 Å². The monoisotopic (exact) mass is 406 g/mol. The van der Waals surface area contributed by atoms with E-state index in [0.29, 0.717) is 24.0 Å². The van der Waals surface area contributed by atoms with Crippen molar-refractivity contribution in [1.82, 2.24) is 10.2 Å². The van der Waals surface area contributed by atoms with Crippen molar-refractivity contribution in [1.29, 1.82) is 0 Å². The van der Waals surface area contributed by atoms with Crippen LogP contribution in [0.25, 0.3) is 0 Å². The van der Waals surface area contributed by atoms with Crippen LogP contribution in [0, 0.1) is 0 Å². The number of benzene rings is 2. The molecule has 0 bridgehead atoms. The van der Waals surface area contributed by atoms with Crippen molar-refractivity contribution < 1.29 is 9.59 Å². The number of para-hydroxylation sites is 1. The van der Waals surface area contributed by atoms with E-state index in [4.69, 9.17) is 4.99 Å². The summed E-state index contributed by atoms with van der Waals surface area (Å²) in [4.78, 5) is 35.8. The number of amides is 2. The van der Waals surface area contributed by atoms with Crippen LogP contribution in [-0.4, -0.2) is 39.5 Å². The van der Waals surface area contributed by atoms with Gasteiger partial charge in [0.15, 0.2) is 5.17 Å². The zero-order chi connectivity index (χ0) is 20.2. The lowest BCUT2D eigenvalue weighted by Crippen LogP contribution is -2.44. The van der Waals surface area contributed by atoms with Gasteiger partial charge in [-0.25, -0.2) is 4.99 Å². The molecular weight excluding hydrogens is 384 g/mol. The summed E-state index contributed by atoms with van der Waals surface area (Å²) in [6, 6.07) is 17.1. The molecule has 2 heterocycles. The Balaban J connectivity index is 1.49. The third kappa shape index (κ3) is 4.10. The molecule has 2 aromatic carbocycles. The summed E-state index contributed by atoms with van der Waals surface area (Å²) in [6.45, 7) is 2.53. The highest BCUT2D eigenvalue weighted by Gasteiger charge is 2.41. The molecule has 1 unspecified atom stereocenters.